The van der Waals surface area contributed by atoms with Crippen LogP contribution in [0.25, 0.3) is 0 Å². The molecule has 0 aromatic heterocycles. The van der Waals surface area contributed by atoms with Crippen LogP contribution in [0.15, 0.2) is 36.5 Å². The van der Waals surface area contributed by atoms with E-state index in [9.17, 15) is 9.59 Å². The number of carbonyl (C=O) groups is 2. The zero-order valence-electron chi connectivity index (χ0n) is 41.9. The van der Waals surface area contributed by atoms with Gasteiger partial charge in [-0.15, -0.1) is 0 Å². The van der Waals surface area contributed by atoms with E-state index in [0.717, 1.165) is 57.8 Å². The number of unbranched alkanes of at least 4 members (excludes halogenated alkanes) is 34. The van der Waals surface area contributed by atoms with Crippen LogP contribution in [0.5, 0.6) is 0 Å². The number of hydrogen-bond donors (Lipinski definition) is 0. The molecule has 0 fully saturated rings. The Labute approximate surface area is 387 Å². The Hall–Kier alpha value is -1.88. The van der Waals surface area contributed by atoms with Gasteiger partial charge in [-0.25, -0.2) is 0 Å². The minimum Gasteiger partial charge on any atom is -0.463 e. The van der Waals surface area contributed by atoms with Crippen LogP contribution < -0.4 is 0 Å². The van der Waals surface area contributed by atoms with Gasteiger partial charge in [0.15, 0.2) is 0 Å². The Morgan fingerprint density at radius 1 is 0.339 bits per heavy atom. The van der Waals surface area contributed by atoms with E-state index in [2.05, 4.69) is 57.2 Å². The number of hydrogen-bond acceptors (Lipinski definition) is 5. The lowest BCUT2D eigenvalue weighted by Gasteiger charge is -2.18. The maximum absolute atomic E-state index is 12.6. The molecule has 0 aliphatic rings. The van der Waals surface area contributed by atoms with Crippen molar-refractivity contribution >= 4 is 11.9 Å². The Bertz CT molecular complexity index is 986. The lowest BCUT2D eigenvalue weighted by Crippen LogP contribution is -2.29. The highest BCUT2D eigenvalue weighted by Crippen LogP contribution is 2.16. The molecule has 62 heavy (non-hydrogen) atoms. The summed E-state index contributed by atoms with van der Waals surface area (Å²) in [5.74, 6) is -0.361. The summed E-state index contributed by atoms with van der Waals surface area (Å²) in [6.45, 7) is 7.71. The first kappa shape index (κ1) is 60.1. The predicted octanol–water partition coefficient (Wildman–Crippen LogP) is 18.6. The Morgan fingerprint density at radius 2 is 0.613 bits per heavy atom. The Balaban J connectivity index is 4.27. The van der Waals surface area contributed by atoms with Gasteiger partial charge in [0.25, 0.3) is 0 Å². The standard InChI is InChI=1S/C57H106O5/c1-4-7-10-13-16-19-22-25-28-31-34-37-40-43-46-49-52-60-55(53-61-56(58)50-47-44-41-38-35-32-29-26-23-20-17-14-11-8-5-2)54-62-57(59)51-48-45-42-39-36-33-30-27-24-21-18-15-12-9-6-3/h17,20,26,29,35,38,55H,4-16,18-19,21-25,27-28,30-34,36-37,39-54H2,1-3H3/b20-17-,29-26-,38-35-/t55-/m1/s1. The minimum atomic E-state index is -0.409. The molecule has 0 N–H and O–H groups in total. The summed E-state index contributed by atoms with van der Waals surface area (Å²) < 4.78 is 17.5. The van der Waals surface area contributed by atoms with Gasteiger partial charge in [-0.05, 0) is 57.8 Å². The molecule has 5 nitrogen and oxygen atoms in total. The molecule has 364 valence electrons. The van der Waals surface area contributed by atoms with Gasteiger partial charge in [-0.1, -0.05) is 256 Å². The molecule has 5 heteroatoms. The van der Waals surface area contributed by atoms with Gasteiger partial charge in [-0.3, -0.25) is 9.59 Å². The lowest BCUT2D eigenvalue weighted by molar-refractivity contribution is -0.155. The fraction of sp³-hybridized carbons (Fsp3) is 0.860. The molecule has 0 bridgehead atoms. The van der Waals surface area contributed by atoms with Gasteiger partial charge in [0.1, 0.15) is 19.3 Å². The number of carbonyl (C=O) groups excluding carboxylic acids is 2. The van der Waals surface area contributed by atoms with Gasteiger partial charge < -0.3 is 14.2 Å². The summed E-state index contributed by atoms with van der Waals surface area (Å²) in [5.41, 5.74) is 0. The Kier molecular flexibility index (Phi) is 51.8. The SMILES string of the molecule is CCCCC/C=C\C/C=C\C/C=C\CCCCC(=O)OC[C@H](COC(=O)CCCCCCCCCCCCCCCCC)OCCCCCCCCCCCCCCCCCC. The van der Waals surface area contributed by atoms with Gasteiger partial charge in [0, 0.05) is 19.4 Å². The maximum atomic E-state index is 12.6. The second-order valence-electron chi connectivity index (χ2n) is 18.5. The van der Waals surface area contributed by atoms with E-state index >= 15 is 0 Å². The van der Waals surface area contributed by atoms with Crippen LogP contribution in [0.3, 0.4) is 0 Å². The molecular formula is C57H106O5. The normalized spacial score (nSPS) is 12.4. The van der Waals surface area contributed by atoms with E-state index in [4.69, 9.17) is 14.2 Å². The summed E-state index contributed by atoms with van der Waals surface area (Å²) in [7, 11) is 0. The molecule has 0 heterocycles. The van der Waals surface area contributed by atoms with Crippen molar-refractivity contribution in [2.24, 2.45) is 0 Å². The van der Waals surface area contributed by atoms with Crippen molar-refractivity contribution in [3.8, 4) is 0 Å². The van der Waals surface area contributed by atoms with Crippen LogP contribution in [0, 0.1) is 0 Å². The number of esters is 2. The second kappa shape index (κ2) is 53.5. The zero-order valence-corrected chi connectivity index (χ0v) is 41.9. The summed E-state index contributed by atoms with van der Waals surface area (Å²) in [6, 6.07) is 0. The average molecular weight is 871 g/mol. The highest BCUT2D eigenvalue weighted by molar-refractivity contribution is 5.69. The van der Waals surface area contributed by atoms with E-state index in [1.54, 1.807) is 0 Å². The van der Waals surface area contributed by atoms with Crippen molar-refractivity contribution in [3.63, 3.8) is 0 Å². The molecule has 0 spiro atoms. The second-order valence-corrected chi connectivity index (χ2v) is 18.5. The van der Waals surface area contributed by atoms with Crippen molar-refractivity contribution in [1.29, 1.82) is 0 Å². The van der Waals surface area contributed by atoms with E-state index in [1.807, 2.05) is 0 Å². The first-order valence-corrected chi connectivity index (χ1v) is 27.5. The van der Waals surface area contributed by atoms with Gasteiger partial charge in [0.2, 0.25) is 0 Å². The third-order valence-electron chi connectivity index (χ3n) is 12.2. The summed E-state index contributed by atoms with van der Waals surface area (Å²) in [6.07, 6.45) is 64.6. The van der Waals surface area contributed by atoms with Gasteiger partial charge >= 0.3 is 11.9 Å². The Morgan fingerprint density at radius 3 is 0.984 bits per heavy atom. The van der Waals surface area contributed by atoms with Crippen LogP contribution >= 0.6 is 0 Å². The third kappa shape index (κ3) is 50.8. The summed E-state index contributed by atoms with van der Waals surface area (Å²) in [4.78, 5) is 25.2. The quantitative estimate of drug-likeness (QED) is 0.0346. The van der Waals surface area contributed by atoms with Crippen LogP contribution in [0.1, 0.15) is 290 Å². The number of allylic oxidation sites excluding steroid dienone is 6. The van der Waals surface area contributed by atoms with E-state index in [1.165, 1.54) is 199 Å². The first-order valence-electron chi connectivity index (χ1n) is 27.5. The molecule has 0 radical (unpaired) electrons. The van der Waals surface area contributed by atoms with Crippen LogP contribution in [0.4, 0.5) is 0 Å². The monoisotopic (exact) mass is 871 g/mol. The minimum absolute atomic E-state index is 0.143. The van der Waals surface area contributed by atoms with E-state index < -0.39 is 6.10 Å². The molecule has 0 rings (SSSR count). The van der Waals surface area contributed by atoms with Crippen LogP contribution in [-0.2, 0) is 23.8 Å². The molecule has 0 aliphatic carbocycles. The predicted molar refractivity (Wildman–Crippen MR) is 270 cm³/mol. The number of ether oxygens (including phenoxy) is 3. The molecular weight excluding hydrogens is 765 g/mol. The summed E-state index contributed by atoms with van der Waals surface area (Å²) >= 11 is 0. The molecule has 0 aromatic rings. The molecule has 0 aliphatic heterocycles. The smallest absolute Gasteiger partial charge is 0.305 e. The molecule has 0 amide bonds. The maximum Gasteiger partial charge on any atom is 0.305 e. The van der Waals surface area contributed by atoms with Crippen molar-refractivity contribution in [2.45, 2.75) is 297 Å². The highest BCUT2D eigenvalue weighted by atomic mass is 16.6. The van der Waals surface area contributed by atoms with Crippen LogP contribution in [-0.4, -0.2) is 37.9 Å². The fourth-order valence-corrected chi connectivity index (χ4v) is 8.02. The van der Waals surface area contributed by atoms with Gasteiger partial charge in [-0.2, -0.15) is 0 Å². The number of rotatable bonds is 51. The fourth-order valence-electron chi connectivity index (χ4n) is 8.02. The molecule has 0 unspecified atom stereocenters. The largest absolute Gasteiger partial charge is 0.463 e. The molecule has 0 saturated heterocycles. The zero-order chi connectivity index (χ0) is 44.9. The molecule has 0 aromatic carbocycles. The van der Waals surface area contributed by atoms with Crippen molar-refractivity contribution in [2.75, 3.05) is 19.8 Å². The van der Waals surface area contributed by atoms with Crippen molar-refractivity contribution in [3.05, 3.63) is 36.5 Å². The molecule has 0 saturated carbocycles. The van der Waals surface area contributed by atoms with Gasteiger partial charge in [0.05, 0.1) is 0 Å². The van der Waals surface area contributed by atoms with Crippen molar-refractivity contribution in [1.82, 2.24) is 0 Å². The highest BCUT2D eigenvalue weighted by Gasteiger charge is 2.16. The first-order chi connectivity index (χ1) is 30.6. The average Bonchev–Trinajstić information content (AvgIpc) is 3.28. The third-order valence-corrected chi connectivity index (χ3v) is 12.2. The van der Waals surface area contributed by atoms with Crippen LogP contribution in [0.2, 0.25) is 0 Å². The molecule has 1 atom stereocenters. The van der Waals surface area contributed by atoms with Crippen molar-refractivity contribution < 1.29 is 23.8 Å². The topological polar surface area (TPSA) is 61.8 Å². The van der Waals surface area contributed by atoms with E-state index in [-0.39, 0.29) is 25.2 Å². The summed E-state index contributed by atoms with van der Waals surface area (Å²) in [5, 5.41) is 0. The lowest BCUT2D eigenvalue weighted by atomic mass is 10.0. The van der Waals surface area contributed by atoms with E-state index in [0.29, 0.717) is 19.4 Å².